The number of anilines is 2. The molecule has 3 aromatic carbocycles. The summed E-state index contributed by atoms with van der Waals surface area (Å²) < 4.78 is 11.0. The maximum absolute atomic E-state index is 12.5. The third-order valence-electron chi connectivity index (χ3n) is 4.44. The van der Waals surface area contributed by atoms with E-state index >= 15 is 0 Å². The Kier molecular flexibility index (Phi) is 7.51. The molecule has 0 unspecified atom stereocenters. The minimum Gasteiger partial charge on any atom is -0.457 e. The van der Waals surface area contributed by atoms with Gasteiger partial charge in [-0.3, -0.25) is 4.79 Å². The van der Waals surface area contributed by atoms with Crippen LogP contribution in [0.5, 0.6) is 11.5 Å². The Morgan fingerprint density at radius 2 is 1.64 bits per heavy atom. The van der Waals surface area contributed by atoms with Crippen LogP contribution in [0.4, 0.5) is 11.4 Å². The van der Waals surface area contributed by atoms with Crippen molar-refractivity contribution in [1.29, 1.82) is 0 Å². The van der Waals surface area contributed by atoms with Crippen LogP contribution in [0.3, 0.4) is 0 Å². The molecule has 3 N–H and O–H groups in total. The number of carbonyl (C=O) groups excluding carboxylic acids is 2. The zero-order valence-corrected chi connectivity index (χ0v) is 19.0. The van der Waals surface area contributed by atoms with Gasteiger partial charge in [0.2, 0.25) is 5.91 Å². The first-order valence-electron chi connectivity index (χ1n) is 10.6. The molecule has 3 aromatic rings. The first-order valence-corrected chi connectivity index (χ1v) is 10.6. The van der Waals surface area contributed by atoms with Gasteiger partial charge >= 0.3 is 5.97 Å². The lowest BCUT2D eigenvalue weighted by Crippen LogP contribution is -2.22. The fourth-order valence-electron chi connectivity index (χ4n) is 2.97. The maximum atomic E-state index is 12.5. The fourth-order valence-corrected chi connectivity index (χ4v) is 2.97. The average molecular weight is 445 g/mol. The Hall–Kier alpha value is -4.06. The van der Waals surface area contributed by atoms with Crippen molar-refractivity contribution in [2.75, 3.05) is 11.1 Å². The first kappa shape index (κ1) is 23.6. The van der Waals surface area contributed by atoms with Crippen molar-refractivity contribution < 1.29 is 19.1 Å². The molecule has 170 valence electrons. The van der Waals surface area contributed by atoms with E-state index in [2.05, 4.69) is 5.32 Å². The molecule has 0 saturated carbocycles. The summed E-state index contributed by atoms with van der Waals surface area (Å²) in [5.41, 5.74) is 8.18. The monoisotopic (exact) mass is 444 g/mol. The smallest absolute Gasteiger partial charge is 0.331 e. The second-order valence-corrected chi connectivity index (χ2v) is 8.50. The maximum Gasteiger partial charge on any atom is 0.331 e. The van der Waals surface area contributed by atoms with Gasteiger partial charge in [-0.25, -0.2) is 4.79 Å². The number of rotatable bonds is 7. The highest BCUT2D eigenvalue weighted by molar-refractivity contribution is 5.95. The fraction of sp³-hybridized carbons (Fsp3) is 0.185. The predicted molar refractivity (Wildman–Crippen MR) is 131 cm³/mol. The van der Waals surface area contributed by atoms with E-state index in [1.807, 2.05) is 75.4 Å². The van der Waals surface area contributed by atoms with Gasteiger partial charge in [-0.1, -0.05) is 42.5 Å². The predicted octanol–water partition coefficient (Wildman–Crippen LogP) is 5.60. The van der Waals surface area contributed by atoms with Crippen LogP contribution >= 0.6 is 0 Å². The number of nitrogens with two attached hydrogens (primary N) is 1. The molecule has 0 atom stereocenters. The van der Waals surface area contributed by atoms with Gasteiger partial charge in [-0.2, -0.15) is 0 Å². The topological polar surface area (TPSA) is 90.7 Å². The molecular weight excluding hydrogens is 416 g/mol. The number of para-hydroxylation sites is 1. The number of ether oxygens (including phenoxy) is 2. The quantitative estimate of drug-likeness (QED) is 0.281. The summed E-state index contributed by atoms with van der Waals surface area (Å²) in [5.74, 6) is 0.712. The molecule has 0 aliphatic heterocycles. The van der Waals surface area contributed by atoms with Gasteiger partial charge in [0.1, 0.15) is 17.1 Å². The second-order valence-electron chi connectivity index (χ2n) is 8.50. The minimum absolute atomic E-state index is 0.185. The average Bonchev–Trinajstić information content (AvgIpc) is 2.75. The van der Waals surface area contributed by atoms with Crippen molar-refractivity contribution in [3.8, 4) is 11.5 Å². The molecule has 33 heavy (non-hydrogen) atoms. The summed E-state index contributed by atoms with van der Waals surface area (Å²) in [4.78, 5) is 24.2. The summed E-state index contributed by atoms with van der Waals surface area (Å²) in [6.45, 7) is 5.46. The summed E-state index contributed by atoms with van der Waals surface area (Å²) >= 11 is 0. The lowest BCUT2D eigenvalue weighted by molar-refractivity contribution is -0.148. The number of benzene rings is 3. The van der Waals surface area contributed by atoms with Gasteiger partial charge < -0.3 is 20.5 Å². The molecule has 0 radical (unpaired) electrons. The van der Waals surface area contributed by atoms with Gasteiger partial charge in [-0.05, 0) is 62.2 Å². The van der Waals surface area contributed by atoms with Crippen molar-refractivity contribution in [3.63, 3.8) is 0 Å². The zero-order chi connectivity index (χ0) is 23.8. The van der Waals surface area contributed by atoms with Crippen LogP contribution in [0, 0.1) is 0 Å². The van der Waals surface area contributed by atoms with Crippen molar-refractivity contribution in [2.45, 2.75) is 32.8 Å². The van der Waals surface area contributed by atoms with E-state index in [-0.39, 0.29) is 12.3 Å². The molecule has 3 rings (SSSR count). The van der Waals surface area contributed by atoms with Gasteiger partial charge in [-0.15, -0.1) is 0 Å². The molecule has 1 amide bonds. The zero-order valence-electron chi connectivity index (χ0n) is 19.0. The van der Waals surface area contributed by atoms with Crippen LogP contribution in [0.2, 0.25) is 0 Å². The van der Waals surface area contributed by atoms with Crippen molar-refractivity contribution >= 4 is 29.3 Å². The van der Waals surface area contributed by atoms with Gasteiger partial charge in [0, 0.05) is 12.1 Å². The highest BCUT2D eigenvalue weighted by atomic mass is 16.6. The number of amides is 1. The SMILES string of the molecule is CC(C)(C)OC(=O)C=Cc1ccc(CC(=O)Nc2ccc(Oc3ccccc3)cc2N)cc1. The third kappa shape index (κ3) is 7.85. The summed E-state index contributed by atoms with van der Waals surface area (Å²) in [6.07, 6.45) is 3.26. The normalized spacial score (nSPS) is 11.2. The number of hydrogen-bond acceptors (Lipinski definition) is 5. The number of esters is 1. The van der Waals surface area contributed by atoms with E-state index < -0.39 is 11.6 Å². The van der Waals surface area contributed by atoms with Crippen LogP contribution in [-0.2, 0) is 20.7 Å². The highest BCUT2D eigenvalue weighted by Gasteiger charge is 2.14. The molecule has 0 spiro atoms. The van der Waals surface area contributed by atoms with Gasteiger partial charge in [0.15, 0.2) is 0 Å². The Balaban J connectivity index is 1.54. The summed E-state index contributed by atoms with van der Waals surface area (Å²) in [7, 11) is 0. The number of carbonyl (C=O) groups is 2. The molecule has 0 aliphatic rings. The van der Waals surface area contributed by atoms with Crippen LogP contribution in [-0.4, -0.2) is 17.5 Å². The largest absolute Gasteiger partial charge is 0.457 e. The molecule has 0 aliphatic carbocycles. The standard InChI is InChI=1S/C27H28N2O4/c1-27(2,3)33-26(31)16-13-19-9-11-20(12-10-19)17-25(30)29-24-15-14-22(18-23(24)28)32-21-7-5-4-6-8-21/h4-16,18H,17,28H2,1-3H3,(H,29,30). The second kappa shape index (κ2) is 10.5. The Bertz CT molecular complexity index is 1130. The van der Waals surface area contributed by atoms with E-state index in [1.54, 1.807) is 24.3 Å². The lowest BCUT2D eigenvalue weighted by Gasteiger charge is -2.17. The van der Waals surface area contributed by atoms with Crippen molar-refractivity contribution in [1.82, 2.24) is 0 Å². The Morgan fingerprint density at radius 1 is 0.939 bits per heavy atom. The lowest BCUT2D eigenvalue weighted by atomic mass is 10.1. The molecule has 0 fully saturated rings. The minimum atomic E-state index is -0.530. The molecule has 6 heteroatoms. The molecule has 0 saturated heterocycles. The molecular formula is C27H28N2O4. The number of nitrogens with one attached hydrogen (secondary N) is 1. The Labute approximate surface area is 194 Å². The van der Waals surface area contributed by atoms with E-state index in [0.29, 0.717) is 22.9 Å². The highest BCUT2D eigenvalue weighted by Crippen LogP contribution is 2.28. The molecule has 0 heterocycles. The van der Waals surface area contributed by atoms with E-state index in [0.717, 1.165) is 11.1 Å². The van der Waals surface area contributed by atoms with Crippen LogP contribution < -0.4 is 15.8 Å². The van der Waals surface area contributed by atoms with E-state index in [1.165, 1.54) is 6.08 Å². The van der Waals surface area contributed by atoms with Crippen LogP contribution in [0.25, 0.3) is 6.08 Å². The van der Waals surface area contributed by atoms with E-state index in [9.17, 15) is 9.59 Å². The summed E-state index contributed by atoms with van der Waals surface area (Å²) in [6, 6.07) is 21.9. The first-order chi connectivity index (χ1) is 15.7. The molecule has 0 aromatic heterocycles. The Morgan fingerprint density at radius 3 is 2.27 bits per heavy atom. The molecule has 6 nitrogen and oxygen atoms in total. The number of nitrogen functional groups attached to an aromatic ring is 1. The van der Waals surface area contributed by atoms with Crippen LogP contribution in [0.15, 0.2) is 78.9 Å². The van der Waals surface area contributed by atoms with Crippen LogP contribution in [0.1, 0.15) is 31.9 Å². The van der Waals surface area contributed by atoms with Crippen molar-refractivity contribution in [3.05, 3.63) is 90.0 Å². The van der Waals surface area contributed by atoms with E-state index in [4.69, 9.17) is 15.2 Å². The summed E-state index contributed by atoms with van der Waals surface area (Å²) in [5, 5.41) is 2.83. The van der Waals surface area contributed by atoms with Gasteiger partial charge in [0.05, 0.1) is 17.8 Å². The molecule has 0 bridgehead atoms. The van der Waals surface area contributed by atoms with Crippen molar-refractivity contribution in [2.24, 2.45) is 0 Å². The number of hydrogen-bond donors (Lipinski definition) is 2. The van der Waals surface area contributed by atoms with Gasteiger partial charge in [0.25, 0.3) is 0 Å². The third-order valence-corrected chi connectivity index (χ3v) is 4.44.